The van der Waals surface area contributed by atoms with Crippen LogP contribution in [0.1, 0.15) is 71.6 Å². The molecule has 0 fully saturated rings. The smallest absolute Gasteiger partial charge is 0.323 e. The monoisotopic (exact) mass is 419 g/mol. The highest BCUT2D eigenvalue weighted by atomic mass is 16.6. The number of nitrogens with one attached hydrogen (secondary N) is 1. The van der Waals surface area contributed by atoms with Crippen molar-refractivity contribution in [3.63, 3.8) is 0 Å². The molecule has 0 radical (unpaired) electrons. The van der Waals surface area contributed by atoms with Crippen molar-refractivity contribution < 1.29 is 14.3 Å². The Morgan fingerprint density at radius 2 is 2.07 bits per heavy atom. The zero-order valence-electron chi connectivity index (χ0n) is 19.8. The highest BCUT2D eigenvalue weighted by Gasteiger charge is 2.29. The van der Waals surface area contributed by atoms with E-state index >= 15 is 0 Å². The molecule has 0 saturated heterocycles. The number of nitrogens with zero attached hydrogens (tertiary/aromatic N) is 2. The molecule has 6 nitrogen and oxygen atoms in total. The molecule has 1 aromatic rings. The van der Waals surface area contributed by atoms with E-state index in [0.717, 1.165) is 63.3 Å². The van der Waals surface area contributed by atoms with Gasteiger partial charge < -0.3 is 14.8 Å². The summed E-state index contributed by atoms with van der Waals surface area (Å²) in [7, 11) is 1.72. The van der Waals surface area contributed by atoms with E-state index in [1.165, 1.54) is 12.0 Å². The first-order chi connectivity index (χ1) is 14.2. The Kier molecular flexibility index (Phi) is 9.56. The maximum absolute atomic E-state index is 12.8. The van der Waals surface area contributed by atoms with E-state index in [4.69, 9.17) is 14.5 Å². The molecule has 0 bridgehead atoms. The molecule has 6 heteroatoms. The predicted octanol–water partition coefficient (Wildman–Crippen LogP) is 4.22. The van der Waals surface area contributed by atoms with Crippen LogP contribution in [0.25, 0.3) is 0 Å². The number of rotatable bonds is 11. The van der Waals surface area contributed by atoms with Crippen molar-refractivity contribution in [2.75, 3.05) is 32.1 Å². The van der Waals surface area contributed by atoms with E-state index in [9.17, 15) is 4.79 Å². The first kappa shape index (κ1) is 24.6. The van der Waals surface area contributed by atoms with Crippen molar-refractivity contribution in [2.24, 2.45) is 0 Å². The summed E-state index contributed by atoms with van der Waals surface area (Å²) in [5.41, 5.74) is 1.99. The number of esters is 1. The van der Waals surface area contributed by atoms with E-state index in [1.807, 2.05) is 34.6 Å². The summed E-state index contributed by atoms with van der Waals surface area (Å²) in [6.45, 7) is 12.4. The van der Waals surface area contributed by atoms with Gasteiger partial charge in [-0.25, -0.2) is 4.98 Å². The Bertz CT molecular complexity index is 672. The lowest BCUT2D eigenvalue weighted by molar-refractivity contribution is -0.162. The third-order valence-corrected chi connectivity index (χ3v) is 5.48. The van der Waals surface area contributed by atoms with Crippen LogP contribution in [0.15, 0.2) is 12.1 Å². The highest BCUT2D eigenvalue weighted by Crippen LogP contribution is 2.21. The van der Waals surface area contributed by atoms with Gasteiger partial charge >= 0.3 is 5.97 Å². The summed E-state index contributed by atoms with van der Waals surface area (Å²) < 4.78 is 11.2. The van der Waals surface area contributed by atoms with E-state index in [2.05, 4.69) is 22.3 Å². The van der Waals surface area contributed by atoms with Gasteiger partial charge in [-0.05, 0) is 84.4 Å². The number of hydrogen-bond acceptors (Lipinski definition) is 6. The molecule has 0 aromatic carbocycles. The number of carbonyl (C=O) groups is 1. The van der Waals surface area contributed by atoms with Crippen LogP contribution in [0.5, 0.6) is 0 Å². The molecule has 0 aliphatic carbocycles. The number of unbranched alkanes of at least 4 members (excludes halogenated alkanes) is 1. The molecule has 1 N–H and O–H groups in total. The van der Waals surface area contributed by atoms with Crippen LogP contribution < -0.4 is 5.32 Å². The quantitative estimate of drug-likeness (QED) is 0.428. The summed E-state index contributed by atoms with van der Waals surface area (Å²) in [5, 5.41) is 3.41. The fourth-order valence-corrected chi connectivity index (χ4v) is 3.85. The third-order valence-electron chi connectivity index (χ3n) is 5.48. The lowest BCUT2D eigenvalue weighted by Gasteiger charge is -2.33. The van der Waals surface area contributed by atoms with Crippen LogP contribution >= 0.6 is 0 Å². The van der Waals surface area contributed by atoms with Gasteiger partial charge in [0.05, 0.1) is 6.10 Å². The third kappa shape index (κ3) is 7.88. The van der Waals surface area contributed by atoms with Gasteiger partial charge in [-0.15, -0.1) is 0 Å². The van der Waals surface area contributed by atoms with Crippen LogP contribution in [0.4, 0.5) is 5.82 Å². The number of methoxy groups -OCH3 is 1. The molecule has 0 saturated carbocycles. The van der Waals surface area contributed by atoms with Gasteiger partial charge in [-0.2, -0.15) is 0 Å². The summed E-state index contributed by atoms with van der Waals surface area (Å²) in [6, 6.07) is 4.13. The fraction of sp³-hybridized carbons (Fsp3) is 0.750. The number of fused-ring (bicyclic) bond motifs is 1. The molecular weight excluding hydrogens is 378 g/mol. The van der Waals surface area contributed by atoms with Gasteiger partial charge in [-0.1, -0.05) is 13.0 Å². The van der Waals surface area contributed by atoms with E-state index < -0.39 is 5.60 Å². The molecule has 30 heavy (non-hydrogen) atoms. The maximum Gasteiger partial charge on any atom is 0.323 e. The van der Waals surface area contributed by atoms with Gasteiger partial charge in [0.2, 0.25) is 0 Å². The zero-order valence-corrected chi connectivity index (χ0v) is 19.8. The molecule has 1 aromatic heterocycles. The first-order valence-corrected chi connectivity index (χ1v) is 11.5. The van der Waals surface area contributed by atoms with Crippen molar-refractivity contribution in [1.82, 2.24) is 9.88 Å². The second-order valence-electron chi connectivity index (χ2n) is 9.30. The topological polar surface area (TPSA) is 63.7 Å². The molecule has 2 rings (SSSR count). The summed E-state index contributed by atoms with van der Waals surface area (Å²) in [5.74, 6) is 0.918. The summed E-state index contributed by atoms with van der Waals surface area (Å²) >= 11 is 0. The van der Waals surface area contributed by atoms with Gasteiger partial charge in [0, 0.05) is 25.9 Å². The lowest BCUT2D eigenvalue weighted by Crippen LogP contribution is -2.47. The molecule has 1 aliphatic heterocycles. The van der Waals surface area contributed by atoms with Crippen molar-refractivity contribution in [3.05, 3.63) is 23.4 Å². The van der Waals surface area contributed by atoms with Crippen molar-refractivity contribution in [3.8, 4) is 0 Å². The van der Waals surface area contributed by atoms with Crippen molar-refractivity contribution >= 4 is 11.8 Å². The summed E-state index contributed by atoms with van der Waals surface area (Å²) in [4.78, 5) is 19.8. The molecule has 2 heterocycles. The van der Waals surface area contributed by atoms with Gasteiger partial charge in [0.1, 0.15) is 17.5 Å². The molecule has 0 spiro atoms. The molecule has 2 unspecified atom stereocenters. The maximum atomic E-state index is 12.8. The van der Waals surface area contributed by atoms with Gasteiger partial charge in [0.15, 0.2) is 0 Å². The van der Waals surface area contributed by atoms with E-state index in [1.54, 1.807) is 7.11 Å². The van der Waals surface area contributed by atoms with Crippen LogP contribution in [0.2, 0.25) is 0 Å². The summed E-state index contributed by atoms with van der Waals surface area (Å²) in [6.07, 6.45) is 6.08. The van der Waals surface area contributed by atoms with Crippen LogP contribution in [-0.2, 0) is 27.1 Å². The number of aryl methyl sites for hydroxylation is 2. The van der Waals surface area contributed by atoms with Crippen molar-refractivity contribution in [1.29, 1.82) is 0 Å². The van der Waals surface area contributed by atoms with E-state index in [-0.39, 0.29) is 18.1 Å². The largest absolute Gasteiger partial charge is 0.459 e. The average Bonchev–Trinajstić information content (AvgIpc) is 2.69. The normalized spacial score (nSPS) is 16.0. The van der Waals surface area contributed by atoms with Gasteiger partial charge in [0.25, 0.3) is 0 Å². The predicted molar refractivity (Wildman–Crippen MR) is 122 cm³/mol. The van der Waals surface area contributed by atoms with Crippen LogP contribution in [0, 0.1) is 0 Å². The Morgan fingerprint density at radius 1 is 1.30 bits per heavy atom. The number of ether oxygens (including phenoxy) is 2. The number of hydrogen-bond donors (Lipinski definition) is 1. The minimum Gasteiger partial charge on any atom is -0.459 e. The average molecular weight is 420 g/mol. The molecule has 170 valence electrons. The molecular formula is C24H41N3O3. The minimum atomic E-state index is -0.477. The van der Waals surface area contributed by atoms with E-state index in [0.29, 0.717) is 0 Å². The fourth-order valence-electron chi connectivity index (χ4n) is 3.85. The lowest BCUT2D eigenvalue weighted by atomic mass is 10.1. The Hall–Kier alpha value is -1.66. The second-order valence-corrected chi connectivity index (χ2v) is 9.30. The number of pyridine rings is 1. The highest BCUT2D eigenvalue weighted by molar-refractivity contribution is 5.76. The molecule has 2 atom stereocenters. The number of anilines is 1. The minimum absolute atomic E-state index is 0.0647. The first-order valence-electron chi connectivity index (χ1n) is 11.5. The Balaban J connectivity index is 1.92. The Labute approximate surface area is 182 Å². The standard InChI is InChI=1S/C24H41N3O3/c1-7-21(23(28)30-24(3,4)5)27(17-18(2)29-6)16-9-8-12-20-14-13-19-11-10-15-25-22(19)26-20/h13-14,18,21H,7-12,15-17H2,1-6H3,(H,25,26). The van der Waals surface area contributed by atoms with Gasteiger partial charge in [-0.3, -0.25) is 9.69 Å². The SMILES string of the molecule is CCC(C(=O)OC(C)(C)C)N(CCCCc1ccc2c(n1)NCCC2)CC(C)OC. The number of aromatic nitrogens is 1. The zero-order chi connectivity index (χ0) is 22.1. The number of carbonyl (C=O) groups excluding carboxylic acids is 1. The van der Waals surface area contributed by atoms with Crippen LogP contribution in [0.3, 0.4) is 0 Å². The second kappa shape index (κ2) is 11.7. The van der Waals surface area contributed by atoms with Crippen LogP contribution in [-0.4, -0.2) is 60.3 Å². The Morgan fingerprint density at radius 3 is 2.73 bits per heavy atom. The van der Waals surface area contributed by atoms with Crippen molar-refractivity contribution in [2.45, 2.75) is 90.9 Å². The molecule has 1 aliphatic rings. The molecule has 0 amide bonds.